The van der Waals surface area contributed by atoms with E-state index in [0.717, 1.165) is 18.0 Å². The minimum Gasteiger partial charge on any atom is -0.298 e. The van der Waals surface area contributed by atoms with Crippen molar-refractivity contribution < 1.29 is 4.79 Å². The average molecular weight is 250 g/mol. The van der Waals surface area contributed by atoms with Gasteiger partial charge in [0.2, 0.25) is 0 Å². The summed E-state index contributed by atoms with van der Waals surface area (Å²) in [5.74, 6) is 0.439. The van der Waals surface area contributed by atoms with Crippen LogP contribution < -0.4 is 5.32 Å². The molecule has 1 aliphatic carbocycles. The molecule has 0 radical (unpaired) electrons. The molecule has 2 rings (SSSR count). The molecule has 0 spiro atoms. The number of hydrogen-bond donors (Lipinski definition) is 1. The van der Waals surface area contributed by atoms with Gasteiger partial charge in [0, 0.05) is 16.4 Å². The fourth-order valence-electron chi connectivity index (χ4n) is 2.16. The summed E-state index contributed by atoms with van der Waals surface area (Å²) in [6.45, 7) is 7.53. The van der Waals surface area contributed by atoms with E-state index in [4.69, 9.17) is 0 Å². The summed E-state index contributed by atoms with van der Waals surface area (Å²) >= 11 is 1.62. The molecule has 0 bridgehead atoms. The van der Waals surface area contributed by atoms with Crippen molar-refractivity contribution >= 4 is 22.4 Å². The molecule has 1 aliphatic rings. The van der Waals surface area contributed by atoms with Gasteiger partial charge < -0.3 is 0 Å². The predicted octanol–water partition coefficient (Wildman–Crippen LogP) is 3.49. The number of aryl methyl sites for hydroxylation is 1. The van der Waals surface area contributed by atoms with Gasteiger partial charge in [-0.15, -0.1) is 11.3 Å². The number of amides is 1. The highest BCUT2D eigenvalue weighted by molar-refractivity contribution is 7.15. The zero-order chi connectivity index (χ0) is 12.4. The van der Waals surface area contributed by atoms with Gasteiger partial charge in [-0.3, -0.25) is 10.1 Å². The minimum atomic E-state index is -0.135. The molecule has 1 N–H and O–H groups in total. The van der Waals surface area contributed by atoms with Crippen LogP contribution in [0.15, 0.2) is 12.2 Å². The second-order valence-electron chi connectivity index (χ2n) is 4.56. The number of aromatic nitrogens is 1. The maximum absolute atomic E-state index is 11.5. The van der Waals surface area contributed by atoms with Crippen molar-refractivity contribution in [1.82, 2.24) is 4.98 Å². The van der Waals surface area contributed by atoms with E-state index in [9.17, 15) is 4.79 Å². The lowest BCUT2D eigenvalue weighted by Crippen LogP contribution is -2.12. The van der Waals surface area contributed by atoms with Crippen molar-refractivity contribution in [3.8, 4) is 0 Å². The van der Waals surface area contributed by atoms with Gasteiger partial charge in [0.15, 0.2) is 5.13 Å². The van der Waals surface area contributed by atoms with Crippen molar-refractivity contribution in [1.29, 1.82) is 0 Å². The zero-order valence-electron chi connectivity index (χ0n) is 10.4. The number of fused-ring (bicyclic) bond motifs is 1. The molecule has 17 heavy (non-hydrogen) atoms. The van der Waals surface area contributed by atoms with Gasteiger partial charge in [-0.2, -0.15) is 0 Å². The first kappa shape index (κ1) is 12.3. The Morgan fingerprint density at radius 1 is 1.65 bits per heavy atom. The molecular formula is C13H18N2OS. The summed E-state index contributed by atoms with van der Waals surface area (Å²) < 4.78 is 0. The third kappa shape index (κ3) is 2.57. The van der Waals surface area contributed by atoms with Crippen LogP contribution >= 0.6 is 11.3 Å². The lowest BCUT2D eigenvalue weighted by molar-refractivity contribution is -0.112. The number of hydrogen-bond acceptors (Lipinski definition) is 3. The highest BCUT2D eigenvalue weighted by atomic mass is 32.1. The van der Waals surface area contributed by atoms with Crippen molar-refractivity contribution in [3.05, 3.63) is 22.7 Å². The van der Waals surface area contributed by atoms with Crippen LogP contribution in [0.25, 0.3) is 0 Å². The van der Waals surface area contributed by atoms with Gasteiger partial charge >= 0.3 is 0 Å². The first-order valence-electron chi connectivity index (χ1n) is 6.08. The molecule has 0 aromatic carbocycles. The quantitative estimate of drug-likeness (QED) is 0.834. The first-order chi connectivity index (χ1) is 8.11. The van der Waals surface area contributed by atoms with Crippen LogP contribution in [-0.2, 0) is 11.2 Å². The molecule has 1 unspecified atom stereocenters. The molecule has 0 saturated carbocycles. The Kier molecular flexibility index (Phi) is 3.62. The van der Waals surface area contributed by atoms with Gasteiger partial charge in [-0.05, 0) is 32.6 Å². The van der Waals surface area contributed by atoms with Gasteiger partial charge in [-0.25, -0.2) is 4.98 Å². The largest absolute Gasteiger partial charge is 0.298 e. The minimum absolute atomic E-state index is 0.135. The summed E-state index contributed by atoms with van der Waals surface area (Å²) in [6, 6.07) is 0. The van der Waals surface area contributed by atoms with Crippen molar-refractivity contribution in [2.24, 2.45) is 0 Å². The fraction of sp³-hybridized carbons (Fsp3) is 0.538. The van der Waals surface area contributed by atoms with E-state index >= 15 is 0 Å². The van der Waals surface area contributed by atoms with E-state index in [0.29, 0.717) is 11.5 Å². The normalized spacial score (nSPS) is 18.6. The Hall–Kier alpha value is -1.16. The Balaban J connectivity index is 2.19. The SMILES string of the molecule is C=C(C)C(=O)Nc1nc2c(s1)CCCC2CC. The monoisotopic (exact) mass is 250 g/mol. The summed E-state index contributed by atoms with van der Waals surface area (Å²) in [5, 5.41) is 3.54. The van der Waals surface area contributed by atoms with Gasteiger partial charge in [0.1, 0.15) is 0 Å². The molecule has 1 aromatic rings. The van der Waals surface area contributed by atoms with Crippen LogP contribution in [-0.4, -0.2) is 10.9 Å². The van der Waals surface area contributed by atoms with E-state index in [2.05, 4.69) is 23.8 Å². The zero-order valence-corrected chi connectivity index (χ0v) is 11.2. The summed E-state index contributed by atoms with van der Waals surface area (Å²) in [4.78, 5) is 17.5. The second kappa shape index (κ2) is 5.00. The van der Waals surface area contributed by atoms with Crippen LogP contribution in [0, 0.1) is 0 Å². The van der Waals surface area contributed by atoms with Crippen LogP contribution in [0.2, 0.25) is 0 Å². The summed E-state index contributed by atoms with van der Waals surface area (Å²) in [5.41, 5.74) is 1.73. The number of thiazole rings is 1. The topological polar surface area (TPSA) is 42.0 Å². The first-order valence-corrected chi connectivity index (χ1v) is 6.90. The molecule has 0 aliphatic heterocycles. The third-order valence-electron chi connectivity index (χ3n) is 3.17. The maximum Gasteiger partial charge on any atom is 0.252 e. The molecular weight excluding hydrogens is 232 g/mol. The standard InChI is InChI=1S/C13H18N2OS/c1-4-9-6-5-7-10-11(9)14-13(17-10)15-12(16)8(2)3/h9H,2,4-7H2,1,3H3,(H,14,15,16). The number of nitrogens with zero attached hydrogens (tertiary/aromatic N) is 1. The van der Waals surface area contributed by atoms with E-state index in [1.807, 2.05) is 0 Å². The lowest BCUT2D eigenvalue weighted by atomic mass is 9.89. The lowest BCUT2D eigenvalue weighted by Gasteiger charge is -2.18. The third-order valence-corrected chi connectivity index (χ3v) is 4.22. The number of carbonyl (C=O) groups is 1. The smallest absolute Gasteiger partial charge is 0.252 e. The van der Waals surface area contributed by atoms with Crippen LogP contribution in [0.1, 0.15) is 49.6 Å². The number of carbonyl (C=O) groups excluding carboxylic acids is 1. The predicted molar refractivity (Wildman–Crippen MR) is 71.5 cm³/mol. The molecule has 1 amide bonds. The van der Waals surface area contributed by atoms with Crippen LogP contribution in [0.4, 0.5) is 5.13 Å². The Bertz CT molecular complexity index is 450. The van der Waals surface area contributed by atoms with Crippen LogP contribution in [0.5, 0.6) is 0 Å². The van der Waals surface area contributed by atoms with Crippen molar-refractivity contribution in [2.45, 2.75) is 45.4 Å². The molecule has 1 heterocycles. The summed E-state index contributed by atoms with van der Waals surface area (Å²) in [7, 11) is 0. The summed E-state index contributed by atoms with van der Waals surface area (Å²) in [6.07, 6.45) is 4.69. The van der Waals surface area contributed by atoms with Gasteiger partial charge in [0.25, 0.3) is 5.91 Å². The Labute approximate surface area is 106 Å². The molecule has 92 valence electrons. The number of nitrogens with one attached hydrogen (secondary N) is 1. The molecule has 0 fully saturated rings. The second-order valence-corrected chi connectivity index (χ2v) is 5.64. The highest BCUT2D eigenvalue weighted by Gasteiger charge is 2.23. The van der Waals surface area contributed by atoms with Crippen LogP contribution in [0.3, 0.4) is 0 Å². The van der Waals surface area contributed by atoms with E-state index < -0.39 is 0 Å². The molecule has 0 saturated heterocycles. The molecule has 4 heteroatoms. The highest BCUT2D eigenvalue weighted by Crippen LogP contribution is 2.38. The van der Waals surface area contributed by atoms with E-state index in [1.165, 1.54) is 23.4 Å². The van der Waals surface area contributed by atoms with Gasteiger partial charge in [0.05, 0.1) is 5.69 Å². The molecule has 1 aromatic heterocycles. The van der Waals surface area contributed by atoms with Crippen molar-refractivity contribution in [3.63, 3.8) is 0 Å². The molecule has 3 nitrogen and oxygen atoms in total. The van der Waals surface area contributed by atoms with E-state index in [-0.39, 0.29) is 5.91 Å². The van der Waals surface area contributed by atoms with E-state index in [1.54, 1.807) is 18.3 Å². The molecule has 1 atom stereocenters. The van der Waals surface area contributed by atoms with Crippen molar-refractivity contribution in [2.75, 3.05) is 5.32 Å². The number of anilines is 1. The maximum atomic E-state index is 11.5. The fourth-order valence-corrected chi connectivity index (χ4v) is 3.25. The Morgan fingerprint density at radius 3 is 3.06 bits per heavy atom. The average Bonchev–Trinajstić information content (AvgIpc) is 2.70. The Morgan fingerprint density at radius 2 is 2.41 bits per heavy atom. The van der Waals surface area contributed by atoms with Gasteiger partial charge in [-0.1, -0.05) is 13.5 Å². The number of rotatable bonds is 3.